The minimum absolute atomic E-state index is 0.0152. The number of aliphatic hydroxyl groups is 1. The van der Waals surface area contributed by atoms with Crippen molar-refractivity contribution in [2.24, 2.45) is 0 Å². The fraction of sp³-hybridized carbons (Fsp3) is 0.438. The Kier molecular flexibility index (Phi) is 9.99. The van der Waals surface area contributed by atoms with Gasteiger partial charge in [-0.1, -0.05) is 36.7 Å². The maximum Gasteiger partial charge on any atom is 0.257 e. The molecule has 2 heterocycles. The van der Waals surface area contributed by atoms with Crippen LogP contribution in [0.5, 0.6) is 5.75 Å². The fourth-order valence-electron chi connectivity index (χ4n) is 5.98. The van der Waals surface area contributed by atoms with Gasteiger partial charge >= 0.3 is 0 Å². The molecule has 43 heavy (non-hydrogen) atoms. The van der Waals surface area contributed by atoms with Crippen molar-refractivity contribution < 1.29 is 19.0 Å². The molecule has 1 fully saturated rings. The van der Waals surface area contributed by atoms with Gasteiger partial charge in [0.1, 0.15) is 11.3 Å². The molecule has 0 spiro atoms. The summed E-state index contributed by atoms with van der Waals surface area (Å²) in [4.78, 5) is 31.2. The number of nitrogens with zero attached hydrogens (tertiary/aromatic N) is 3. The number of rotatable bonds is 9. The van der Waals surface area contributed by atoms with Crippen LogP contribution in [0.1, 0.15) is 61.6 Å². The van der Waals surface area contributed by atoms with Crippen LogP contribution in [0, 0.1) is 12.7 Å². The number of carbonyl (C=O) groups excluding carboxylic acids is 1. The first kappa shape index (κ1) is 32.6. The molecule has 0 aliphatic carbocycles. The van der Waals surface area contributed by atoms with Gasteiger partial charge in [0.25, 0.3) is 5.91 Å². The first-order valence-electron chi connectivity index (χ1n) is 14.3. The number of aromatic nitrogens is 1. The molecule has 232 valence electrons. The van der Waals surface area contributed by atoms with E-state index >= 15 is 4.39 Å². The van der Waals surface area contributed by atoms with E-state index < -0.39 is 17.2 Å². The summed E-state index contributed by atoms with van der Waals surface area (Å²) in [6.07, 6.45) is 2.29. The maximum absolute atomic E-state index is 16.1. The Balaban J connectivity index is 1.79. The first-order chi connectivity index (χ1) is 20.3. The third kappa shape index (κ3) is 6.49. The van der Waals surface area contributed by atoms with Crippen LogP contribution in [0.4, 0.5) is 10.1 Å². The predicted molar refractivity (Wildman–Crippen MR) is 172 cm³/mol. The normalized spacial score (nSPS) is 17.5. The zero-order chi connectivity index (χ0) is 31.7. The molecule has 0 saturated carbocycles. The Morgan fingerprint density at radius 1 is 1.26 bits per heavy atom. The van der Waals surface area contributed by atoms with Crippen molar-refractivity contribution in [1.29, 1.82) is 0 Å². The van der Waals surface area contributed by atoms with E-state index in [2.05, 4.69) is 16.8 Å². The molecule has 1 amide bonds. The van der Waals surface area contributed by atoms with E-state index in [1.165, 1.54) is 19.4 Å². The van der Waals surface area contributed by atoms with Crippen LogP contribution in [0.15, 0.2) is 41.5 Å². The van der Waals surface area contributed by atoms with Gasteiger partial charge in [-0.15, -0.1) is 0 Å². The molecule has 1 aromatic heterocycles. The number of piperazine rings is 1. The zero-order valence-electron chi connectivity index (χ0n) is 25.4. The molecule has 1 aliphatic heterocycles. The van der Waals surface area contributed by atoms with Gasteiger partial charge in [-0.2, -0.15) is 0 Å². The monoisotopic (exact) mass is 632 g/mol. The topological polar surface area (TPSA) is 87.0 Å². The number of pyridine rings is 1. The van der Waals surface area contributed by atoms with E-state index in [4.69, 9.17) is 27.9 Å². The Morgan fingerprint density at radius 2 is 1.95 bits per heavy atom. The van der Waals surface area contributed by atoms with Crippen molar-refractivity contribution in [2.75, 3.05) is 31.6 Å². The molecule has 2 N–H and O–H groups in total. The van der Waals surface area contributed by atoms with E-state index in [0.29, 0.717) is 40.8 Å². The molecular formula is C32H39Cl2FN4O4. The van der Waals surface area contributed by atoms with Crippen LogP contribution in [0.2, 0.25) is 10.0 Å². The Bertz CT molecular complexity index is 1600. The number of benzene rings is 2. The molecule has 8 nitrogen and oxygen atoms in total. The van der Waals surface area contributed by atoms with Crippen molar-refractivity contribution in [1.82, 2.24) is 14.8 Å². The van der Waals surface area contributed by atoms with Crippen LogP contribution in [0.3, 0.4) is 0 Å². The maximum atomic E-state index is 16.1. The highest BCUT2D eigenvalue weighted by Crippen LogP contribution is 2.40. The van der Waals surface area contributed by atoms with Gasteiger partial charge in [-0.05, 0) is 63.4 Å². The zero-order valence-corrected chi connectivity index (χ0v) is 26.9. The molecule has 1 aliphatic rings. The lowest BCUT2D eigenvalue weighted by Crippen LogP contribution is -2.58. The van der Waals surface area contributed by atoms with E-state index in [-0.39, 0.29) is 52.8 Å². The summed E-state index contributed by atoms with van der Waals surface area (Å²) in [5, 5.41) is 13.6. The van der Waals surface area contributed by atoms with Crippen molar-refractivity contribution in [2.45, 2.75) is 65.7 Å². The van der Waals surface area contributed by atoms with Crippen LogP contribution in [-0.4, -0.2) is 59.3 Å². The van der Waals surface area contributed by atoms with Gasteiger partial charge in [0, 0.05) is 54.0 Å². The average molecular weight is 634 g/mol. The number of hydrogen-bond acceptors (Lipinski definition) is 6. The Morgan fingerprint density at radius 3 is 2.53 bits per heavy atom. The van der Waals surface area contributed by atoms with Crippen molar-refractivity contribution >= 4 is 45.7 Å². The highest BCUT2D eigenvalue weighted by molar-refractivity contribution is 6.35. The molecule has 4 rings (SSSR count). The number of halogens is 3. The van der Waals surface area contributed by atoms with E-state index in [1.54, 1.807) is 16.7 Å². The lowest BCUT2D eigenvalue weighted by atomic mass is 10.0. The van der Waals surface area contributed by atoms with Crippen LogP contribution >= 0.6 is 23.2 Å². The van der Waals surface area contributed by atoms with Crippen LogP contribution < -0.4 is 20.4 Å². The highest BCUT2D eigenvalue weighted by Gasteiger charge is 2.35. The largest absolute Gasteiger partial charge is 0.512 e. The lowest BCUT2D eigenvalue weighted by Gasteiger charge is -2.46. The van der Waals surface area contributed by atoms with E-state index in [0.717, 1.165) is 12.0 Å². The van der Waals surface area contributed by atoms with Gasteiger partial charge < -0.3 is 24.6 Å². The molecule has 2 unspecified atom stereocenters. The number of amides is 1. The van der Waals surface area contributed by atoms with Crippen LogP contribution in [0.25, 0.3) is 10.9 Å². The molecule has 2 aromatic carbocycles. The number of hydrogen-bond donors (Lipinski definition) is 2. The van der Waals surface area contributed by atoms with E-state index in [1.807, 2.05) is 39.5 Å². The summed E-state index contributed by atoms with van der Waals surface area (Å²) in [5.41, 5.74) is 1.45. The predicted octanol–water partition coefficient (Wildman–Crippen LogP) is 6.64. The van der Waals surface area contributed by atoms with Gasteiger partial charge in [0.05, 0.1) is 30.3 Å². The fourth-order valence-corrected chi connectivity index (χ4v) is 6.64. The molecule has 1 saturated heterocycles. The van der Waals surface area contributed by atoms with Gasteiger partial charge in [-0.3, -0.25) is 14.5 Å². The minimum atomic E-state index is -0.611. The SMILES string of the molecule is C=C(O)CN1C(C)CN(c2c(F)cc3c(=O)c(C(=O)NCc4c(C)cc(Cl)cc4Cl)cn(C(C)C)c3c2OC)CC1CC. The smallest absolute Gasteiger partial charge is 0.257 e. The minimum Gasteiger partial charge on any atom is -0.512 e. The number of nitrogens with one attached hydrogen (secondary N) is 1. The second-order valence-corrected chi connectivity index (χ2v) is 12.3. The number of anilines is 1. The summed E-state index contributed by atoms with van der Waals surface area (Å²) >= 11 is 12.4. The summed E-state index contributed by atoms with van der Waals surface area (Å²) in [6.45, 7) is 14.8. The van der Waals surface area contributed by atoms with Crippen molar-refractivity contribution in [3.05, 3.63) is 79.5 Å². The number of ether oxygens (including phenoxy) is 1. The third-order valence-electron chi connectivity index (χ3n) is 8.12. The average Bonchev–Trinajstić information content (AvgIpc) is 2.92. The number of carbonyl (C=O) groups is 1. The quantitative estimate of drug-likeness (QED) is 0.257. The summed E-state index contributed by atoms with van der Waals surface area (Å²) in [7, 11) is 1.46. The first-order valence-corrected chi connectivity index (χ1v) is 15.1. The third-order valence-corrected chi connectivity index (χ3v) is 8.67. The molecule has 0 radical (unpaired) electrons. The van der Waals surface area contributed by atoms with Crippen LogP contribution in [-0.2, 0) is 6.54 Å². The Hall–Kier alpha value is -3.27. The molecule has 11 heteroatoms. The second kappa shape index (κ2) is 13.2. The standard InChI is InChI=1S/C32H39Cl2FN4O4/c1-8-22-15-37(13-19(5)39(22)14-20(6)40)29-27(35)11-23-28(31(29)43-7)38(17(2)3)16-25(30(23)41)32(42)36-12-24-18(4)9-21(33)10-26(24)34/h9-11,16-17,19,22,40H,6,8,12-15H2,1-5,7H3,(H,36,42). The highest BCUT2D eigenvalue weighted by atomic mass is 35.5. The van der Waals surface area contributed by atoms with Gasteiger partial charge in [0.15, 0.2) is 11.6 Å². The Labute approximate surface area is 261 Å². The van der Waals surface area contributed by atoms with Gasteiger partial charge in [-0.25, -0.2) is 4.39 Å². The summed E-state index contributed by atoms with van der Waals surface area (Å²) in [5.74, 6) is -0.893. The number of methoxy groups -OCH3 is 1. The molecule has 2 atom stereocenters. The molecule has 3 aromatic rings. The van der Waals surface area contributed by atoms with Crippen molar-refractivity contribution in [3.8, 4) is 5.75 Å². The summed E-state index contributed by atoms with van der Waals surface area (Å²) < 4.78 is 23.7. The number of aryl methyl sites for hydroxylation is 1. The summed E-state index contributed by atoms with van der Waals surface area (Å²) in [6, 6.07) is 4.37. The van der Waals surface area contributed by atoms with Gasteiger partial charge in [0.2, 0.25) is 5.43 Å². The number of fused-ring (bicyclic) bond motifs is 1. The number of aliphatic hydroxyl groups excluding tert-OH is 1. The van der Waals surface area contributed by atoms with E-state index in [9.17, 15) is 14.7 Å². The van der Waals surface area contributed by atoms with Crippen molar-refractivity contribution in [3.63, 3.8) is 0 Å². The molecular weight excluding hydrogens is 594 g/mol. The molecule has 0 bridgehead atoms. The lowest BCUT2D eigenvalue weighted by molar-refractivity contribution is 0.0949. The second-order valence-electron chi connectivity index (χ2n) is 11.4.